The topological polar surface area (TPSA) is 84.1 Å². The molecule has 0 spiro atoms. The highest BCUT2D eigenvalue weighted by molar-refractivity contribution is 7.08. The molecule has 7 heteroatoms. The van der Waals surface area contributed by atoms with Crippen molar-refractivity contribution in [2.75, 3.05) is 12.4 Å². The first-order valence-corrected chi connectivity index (χ1v) is 9.20. The number of thiophene rings is 1. The minimum atomic E-state index is -0.389. The monoisotopic (exact) mass is 367 g/mol. The number of rotatable bonds is 5. The van der Waals surface area contributed by atoms with Crippen LogP contribution in [0, 0.1) is 0 Å². The molecule has 0 saturated carbocycles. The summed E-state index contributed by atoms with van der Waals surface area (Å²) < 4.78 is 4.58. The number of aromatic amines is 1. The van der Waals surface area contributed by atoms with Crippen molar-refractivity contribution in [3.05, 3.63) is 46.2 Å². The van der Waals surface area contributed by atoms with Gasteiger partial charge in [-0.25, -0.2) is 0 Å². The van der Waals surface area contributed by atoms with E-state index >= 15 is 0 Å². The maximum Gasteiger partial charge on any atom is 0.306 e. The van der Waals surface area contributed by atoms with Gasteiger partial charge in [-0.05, 0) is 23.1 Å². The summed E-state index contributed by atoms with van der Waals surface area (Å²) in [5.74, 6) is -0.588. The molecule has 2 heterocycles. The van der Waals surface area contributed by atoms with Gasteiger partial charge in [-0.2, -0.15) is 16.4 Å². The molecular formula is C19H17N3O3S. The van der Waals surface area contributed by atoms with Crippen LogP contribution in [0.3, 0.4) is 0 Å². The molecule has 0 fully saturated rings. The Morgan fingerprint density at radius 2 is 2.15 bits per heavy atom. The van der Waals surface area contributed by atoms with Crippen molar-refractivity contribution in [1.29, 1.82) is 0 Å². The Kier molecular flexibility index (Phi) is 4.30. The molecule has 2 aromatic heterocycles. The molecule has 0 unspecified atom stereocenters. The van der Waals surface area contributed by atoms with E-state index in [4.69, 9.17) is 0 Å². The Labute approximate surface area is 154 Å². The lowest BCUT2D eigenvalue weighted by atomic mass is 10.1. The Hall–Kier alpha value is -2.93. The average Bonchev–Trinajstić information content (AvgIpc) is 3.36. The Morgan fingerprint density at radius 1 is 1.27 bits per heavy atom. The summed E-state index contributed by atoms with van der Waals surface area (Å²) in [4.78, 5) is 23.4. The van der Waals surface area contributed by atoms with Crippen LogP contribution in [-0.2, 0) is 20.7 Å². The number of carbonyl (C=O) groups is 2. The number of esters is 1. The molecule has 2 N–H and O–H groups in total. The standard InChI is InChI=1S/C19H17N3O3S/c1-25-17(24)6-5-16(23)20-15-4-2-3-12-13(15)9-14-18(21-22-19(12)14)11-7-8-26-10-11/h2-4,7-8,10H,5-6,9H2,1H3,(H,20,23)(H,21,22). The van der Waals surface area contributed by atoms with Gasteiger partial charge in [0, 0.05) is 40.6 Å². The zero-order chi connectivity index (χ0) is 18.1. The number of hydrogen-bond donors (Lipinski definition) is 2. The first kappa shape index (κ1) is 16.5. The predicted octanol–water partition coefficient (Wildman–Crippen LogP) is 3.60. The molecule has 26 heavy (non-hydrogen) atoms. The maximum absolute atomic E-state index is 12.2. The van der Waals surface area contributed by atoms with E-state index in [1.807, 2.05) is 23.6 Å². The van der Waals surface area contributed by atoms with Crippen LogP contribution >= 0.6 is 11.3 Å². The average molecular weight is 367 g/mol. The SMILES string of the molecule is COC(=O)CCC(=O)Nc1cccc2c1Cc1c(-c3ccsc3)n[nH]c1-2. The Morgan fingerprint density at radius 3 is 2.92 bits per heavy atom. The second kappa shape index (κ2) is 6.76. The van der Waals surface area contributed by atoms with E-state index in [0.717, 1.165) is 39.3 Å². The molecule has 0 bridgehead atoms. The molecule has 4 rings (SSSR count). The third-order valence-electron chi connectivity index (χ3n) is 4.52. The Balaban J connectivity index is 1.57. The lowest BCUT2D eigenvalue weighted by Gasteiger charge is -2.10. The first-order valence-electron chi connectivity index (χ1n) is 8.26. The first-order chi connectivity index (χ1) is 12.7. The van der Waals surface area contributed by atoms with Gasteiger partial charge in [-0.1, -0.05) is 12.1 Å². The van der Waals surface area contributed by atoms with E-state index in [1.54, 1.807) is 11.3 Å². The Bertz CT molecular complexity index is 976. The largest absolute Gasteiger partial charge is 0.469 e. The third kappa shape index (κ3) is 2.90. The zero-order valence-corrected chi connectivity index (χ0v) is 15.0. The van der Waals surface area contributed by atoms with Gasteiger partial charge in [0.15, 0.2) is 0 Å². The normalized spacial score (nSPS) is 11.7. The molecule has 0 aliphatic heterocycles. The van der Waals surface area contributed by atoms with Crippen LogP contribution in [0.15, 0.2) is 35.0 Å². The van der Waals surface area contributed by atoms with E-state index in [-0.39, 0.29) is 24.7 Å². The van der Waals surface area contributed by atoms with Crippen molar-refractivity contribution in [1.82, 2.24) is 10.2 Å². The van der Waals surface area contributed by atoms with Crippen molar-refractivity contribution < 1.29 is 14.3 Å². The van der Waals surface area contributed by atoms with Crippen LogP contribution in [0.4, 0.5) is 5.69 Å². The molecule has 1 aliphatic rings. The smallest absolute Gasteiger partial charge is 0.306 e. The fourth-order valence-corrected chi connectivity index (χ4v) is 3.87. The van der Waals surface area contributed by atoms with Crippen LogP contribution in [0.2, 0.25) is 0 Å². The number of carbonyl (C=O) groups excluding carboxylic acids is 2. The minimum Gasteiger partial charge on any atom is -0.469 e. The summed E-state index contributed by atoms with van der Waals surface area (Å²) in [7, 11) is 1.32. The van der Waals surface area contributed by atoms with Gasteiger partial charge in [-0.15, -0.1) is 0 Å². The molecule has 0 radical (unpaired) electrons. The highest BCUT2D eigenvalue weighted by atomic mass is 32.1. The van der Waals surface area contributed by atoms with Crippen molar-refractivity contribution in [2.45, 2.75) is 19.3 Å². The summed E-state index contributed by atoms with van der Waals surface area (Å²) in [5.41, 5.74) is 7.11. The van der Waals surface area contributed by atoms with Gasteiger partial charge < -0.3 is 10.1 Å². The predicted molar refractivity (Wildman–Crippen MR) is 100 cm³/mol. The van der Waals surface area contributed by atoms with Gasteiger partial charge in [-0.3, -0.25) is 14.7 Å². The van der Waals surface area contributed by atoms with Gasteiger partial charge in [0.1, 0.15) is 0 Å². The molecular weight excluding hydrogens is 350 g/mol. The maximum atomic E-state index is 12.2. The van der Waals surface area contributed by atoms with Gasteiger partial charge in [0.25, 0.3) is 0 Å². The summed E-state index contributed by atoms with van der Waals surface area (Å²) >= 11 is 1.64. The van der Waals surface area contributed by atoms with Gasteiger partial charge in [0.2, 0.25) is 5.91 Å². The number of H-pyrrole nitrogens is 1. The number of aromatic nitrogens is 2. The fourth-order valence-electron chi connectivity index (χ4n) is 3.23. The summed E-state index contributed by atoms with van der Waals surface area (Å²) in [6.45, 7) is 0. The van der Waals surface area contributed by atoms with Crippen LogP contribution < -0.4 is 5.32 Å². The molecule has 1 aromatic carbocycles. The van der Waals surface area contributed by atoms with E-state index < -0.39 is 0 Å². The zero-order valence-electron chi connectivity index (χ0n) is 14.2. The molecule has 1 amide bonds. The lowest BCUT2D eigenvalue weighted by Crippen LogP contribution is -2.15. The minimum absolute atomic E-state index is 0.0720. The van der Waals surface area contributed by atoms with Crippen LogP contribution in [-0.4, -0.2) is 29.2 Å². The summed E-state index contributed by atoms with van der Waals surface area (Å²) in [5, 5.41) is 14.6. The number of ether oxygens (including phenoxy) is 1. The molecule has 0 saturated heterocycles. The second-order valence-corrected chi connectivity index (χ2v) is 6.85. The molecule has 6 nitrogen and oxygen atoms in total. The van der Waals surface area contributed by atoms with E-state index in [1.165, 1.54) is 7.11 Å². The van der Waals surface area contributed by atoms with Crippen LogP contribution in [0.25, 0.3) is 22.5 Å². The highest BCUT2D eigenvalue weighted by Gasteiger charge is 2.27. The third-order valence-corrected chi connectivity index (χ3v) is 5.20. The van der Waals surface area contributed by atoms with Crippen LogP contribution in [0.5, 0.6) is 0 Å². The molecule has 1 aliphatic carbocycles. The lowest BCUT2D eigenvalue weighted by molar-refractivity contribution is -0.141. The van der Waals surface area contributed by atoms with Crippen molar-refractivity contribution in [2.24, 2.45) is 0 Å². The quantitative estimate of drug-likeness (QED) is 0.528. The van der Waals surface area contributed by atoms with Crippen LogP contribution in [0.1, 0.15) is 24.0 Å². The number of hydrogen-bond acceptors (Lipinski definition) is 5. The fraction of sp³-hybridized carbons (Fsp3) is 0.211. The summed E-state index contributed by atoms with van der Waals surface area (Å²) in [6.07, 6.45) is 0.881. The van der Waals surface area contributed by atoms with Gasteiger partial charge in [0.05, 0.1) is 24.9 Å². The highest BCUT2D eigenvalue weighted by Crippen LogP contribution is 2.43. The number of amides is 1. The number of nitrogens with zero attached hydrogens (tertiary/aromatic N) is 1. The van der Waals surface area contributed by atoms with Crippen molar-refractivity contribution >= 4 is 28.9 Å². The van der Waals surface area contributed by atoms with E-state index in [9.17, 15) is 9.59 Å². The number of nitrogens with one attached hydrogen (secondary N) is 2. The molecule has 132 valence electrons. The van der Waals surface area contributed by atoms with Crippen molar-refractivity contribution in [3.63, 3.8) is 0 Å². The number of anilines is 1. The summed E-state index contributed by atoms with van der Waals surface area (Å²) in [6, 6.07) is 7.88. The second-order valence-electron chi connectivity index (χ2n) is 6.07. The van der Waals surface area contributed by atoms with E-state index in [0.29, 0.717) is 6.42 Å². The number of benzene rings is 1. The number of methoxy groups -OCH3 is 1. The van der Waals surface area contributed by atoms with Crippen molar-refractivity contribution in [3.8, 4) is 22.5 Å². The number of fused-ring (bicyclic) bond motifs is 3. The van der Waals surface area contributed by atoms with Gasteiger partial charge >= 0.3 is 5.97 Å². The molecule has 3 aromatic rings. The molecule has 0 atom stereocenters. The van der Waals surface area contributed by atoms with E-state index in [2.05, 4.69) is 31.7 Å².